The Morgan fingerprint density at radius 2 is 1.04 bits per heavy atom. The highest BCUT2D eigenvalue weighted by Gasteiger charge is 2.29. The van der Waals surface area contributed by atoms with Crippen molar-refractivity contribution >= 4 is 47.0 Å². The van der Waals surface area contributed by atoms with Gasteiger partial charge in [-0.3, -0.25) is 24.2 Å². The molecule has 10 N–H and O–H groups in total. The van der Waals surface area contributed by atoms with Crippen molar-refractivity contribution in [3.05, 3.63) is 173 Å². The number of fused-ring (bicyclic) bond motifs is 2. The van der Waals surface area contributed by atoms with E-state index in [1.807, 2.05) is 72.0 Å². The molecule has 2 fully saturated rings. The average molecular weight is 1140 g/mol. The molecule has 10 heterocycles. The Labute approximate surface area is 486 Å². The van der Waals surface area contributed by atoms with Crippen LogP contribution >= 0.6 is 12.4 Å². The van der Waals surface area contributed by atoms with Gasteiger partial charge in [-0.1, -0.05) is 13.8 Å². The van der Waals surface area contributed by atoms with Crippen LogP contribution in [0.2, 0.25) is 0 Å². The zero-order valence-electron chi connectivity index (χ0n) is 49.0. The third kappa shape index (κ3) is 13.5. The lowest BCUT2D eigenvalue weighted by Gasteiger charge is -2.38. The largest absolute Gasteiger partial charge is 0.478 e. The molecule has 2 saturated heterocycles. The highest BCUT2D eigenvalue weighted by Crippen LogP contribution is 2.36. The molecule has 19 nitrogen and oxygen atoms in total. The fourth-order valence-electron chi connectivity index (χ4n) is 11.6. The molecule has 2 aliphatic heterocycles. The number of aromatic carboxylic acids is 1. The van der Waals surface area contributed by atoms with Crippen LogP contribution in [-0.4, -0.2) is 131 Å². The number of carbonyl (C=O) groups is 2. The minimum absolute atomic E-state index is 0. The summed E-state index contributed by atoms with van der Waals surface area (Å²) in [6.07, 6.45) is 7.62. The quantitative estimate of drug-likeness (QED) is 0.0578. The number of halogens is 1. The van der Waals surface area contributed by atoms with Crippen LogP contribution in [0, 0.1) is 41.5 Å². The molecule has 0 aromatic carbocycles. The van der Waals surface area contributed by atoms with Crippen molar-refractivity contribution in [2.75, 3.05) is 76.9 Å². The summed E-state index contributed by atoms with van der Waals surface area (Å²) in [5, 5.41) is 12.9. The van der Waals surface area contributed by atoms with Crippen LogP contribution in [0.3, 0.4) is 0 Å². The molecule has 0 aliphatic carbocycles. The number of pyridine rings is 6. The van der Waals surface area contributed by atoms with E-state index in [-0.39, 0.29) is 47.8 Å². The van der Waals surface area contributed by atoms with Gasteiger partial charge in [0.1, 0.15) is 11.6 Å². The van der Waals surface area contributed by atoms with E-state index in [9.17, 15) is 24.3 Å². The van der Waals surface area contributed by atoms with Gasteiger partial charge in [-0.05, 0) is 128 Å². The number of aryl methyl sites for hydroxylation is 4. The number of nitrogen functional groups attached to an aromatic ring is 2. The molecule has 2 aliphatic rings. The molecule has 8 aromatic rings. The van der Waals surface area contributed by atoms with Gasteiger partial charge in [0.2, 0.25) is 0 Å². The first-order chi connectivity index (χ1) is 38.7. The van der Waals surface area contributed by atoms with E-state index in [2.05, 4.69) is 93.6 Å². The number of nitrogens with one attached hydrogen (secondary N) is 3. The van der Waals surface area contributed by atoms with E-state index in [4.69, 9.17) is 17.2 Å². The van der Waals surface area contributed by atoms with Crippen LogP contribution < -0.4 is 33.4 Å². The van der Waals surface area contributed by atoms with Gasteiger partial charge in [0, 0.05) is 188 Å². The van der Waals surface area contributed by atoms with E-state index in [1.54, 1.807) is 42.7 Å². The number of hydrogen-bond acceptors (Lipinski definition) is 13. The number of rotatable bonds is 13. The predicted molar refractivity (Wildman–Crippen MR) is 330 cm³/mol. The van der Waals surface area contributed by atoms with Crippen LogP contribution in [0.15, 0.2) is 95.0 Å². The molecule has 0 radical (unpaired) electrons. The van der Waals surface area contributed by atoms with Crippen LogP contribution in [-0.2, 0) is 13.1 Å². The number of nitrogens with two attached hydrogens (primary N) is 3. The normalized spacial score (nSPS) is 15.0. The van der Waals surface area contributed by atoms with E-state index >= 15 is 0 Å². The van der Waals surface area contributed by atoms with Crippen LogP contribution in [0.4, 0.5) is 11.6 Å². The standard InChI is InChI=1S/C31H39N7O2.C23H29N5O2.C8H12N2O.ClH/c1-6-36-11-13-37(14-12-36)22(5)30-20(3)25(31(40)34-18-26-21(4)35-19(2)15-28(26)39)16-27-24(9-10-38(27)30)23-7-8-29(32)33-17-23;1-4-26-9-11-27(12-10-26)16(3)22-15(2)19(23(29)30)13-20-18(7-8-28(20)22)17-5-6-21(24)25-14-17;1-5-3-8(11)7(4-9)6(2)10-5;/h7-10,15-17,22H,6,11-14,18H2,1-5H3,(H2,32,33)(H,34,40)(H,35,39);5-8,13-14,16H,4,9-12H2,1-3H3,(H2,24,25)(H,29,30);3H,4,9H2,1-2H3,(H,10,11);1H. The molecule has 436 valence electrons. The van der Waals surface area contributed by atoms with Gasteiger partial charge in [-0.15, -0.1) is 12.4 Å². The topological polar surface area (TPSA) is 258 Å². The third-order valence-electron chi connectivity index (χ3n) is 16.4. The Balaban J connectivity index is 0.000000202. The van der Waals surface area contributed by atoms with E-state index in [1.165, 1.54) is 0 Å². The van der Waals surface area contributed by atoms with Gasteiger partial charge in [0.25, 0.3) is 5.91 Å². The predicted octanol–water partition coefficient (Wildman–Crippen LogP) is 7.99. The van der Waals surface area contributed by atoms with Gasteiger partial charge in [0.05, 0.1) is 16.6 Å². The molecular weight excluding hydrogens is 1060 g/mol. The lowest BCUT2D eigenvalue weighted by atomic mass is 9.99. The van der Waals surface area contributed by atoms with Crippen LogP contribution in [0.5, 0.6) is 0 Å². The van der Waals surface area contributed by atoms with Gasteiger partial charge in [-0.25, -0.2) is 14.8 Å². The number of anilines is 2. The van der Waals surface area contributed by atoms with E-state index < -0.39 is 5.97 Å². The Bertz CT molecular complexity index is 3670. The minimum Gasteiger partial charge on any atom is -0.478 e. The molecule has 0 spiro atoms. The highest BCUT2D eigenvalue weighted by atomic mass is 35.5. The van der Waals surface area contributed by atoms with Gasteiger partial charge >= 0.3 is 5.97 Å². The third-order valence-corrected chi connectivity index (χ3v) is 16.4. The Morgan fingerprint density at radius 3 is 1.41 bits per heavy atom. The first-order valence-corrected chi connectivity index (χ1v) is 28.0. The molecule has 2 unspecified atom stereocenters. The van der Waals surface area contributed by atoms with E-state index in [0.29, 0.717) is 40.4 Å². The van der Waals surface area contributed by atoms with E-state index in [0.717, 1.165) is 144 Å². The number of hydrogen-bond donors (Lipinski definition) is 7. The summed E-state index contributed by atoms with van der Waals surface area (Å²) in [6, 6.07) is 18.6. The molecule has 2 atom stereocenters. The molecule has 1 amide bonds. The Morgan fingerprint density at radius 1 is 0.622 bits per heavy atom. The maximum Gasteiger partial charge on any atom is 0.336 e. The van der Waals surface area contributed by atoms with Crippen molar-refractivity contribution in [2.45, 2.75) is 94.4 Å². The summed E-state index contributed by atoms with van der Waals surface area (Å²) in [6.45, 7) is 30.8. The summed E-state index contributed by atoms with van der Waals surface area (Å²) in [7, 11) is 0. The average Bonchev–Trinajstić information content (AvgIpc) is 2.88. The van der Waals surface area contributed by atoms with Gasteiger partial charge in [-0.2, -0.15) is 0 Å². The number of aromatic nitrogens is 6. The number of carbonyl (C=O) groups excluding carboxylic acids is 1. The zero-order chi connectivity index (χ0) is 58.4. The van der Waals surface area contributed by atoms with Crippen LogP contribution in [0.25, 0.3) is 33.3 Å². The second kappa shape index (κ2) is 27.0. The van der Waals surface area contributed by atoms with Crippen molar-refractivity contribution in [1.29, 1.82) is 0 Å². The number of carboxylic acids is 1. The number of H-pyrrole nitrogens is 2. The lowest BCUT2D eigenvalue weighted by molar-refractivity contribution is 0.0694. The molecule has 0 bridgehead atoms. The number of amides is 1. The first-order valence-electron chi connectivity index (χ1n) is 28.0. The van der Waals surface area contributed by atoms with Crippen molar-refractivity contribution in [2.24, 2.45) is 5.73 Å². The molecular formula is C62H81ClN14O5. The smallest absolute Gasteiger partial charge is 0.336 e. The molecule has 20 heteroatoms. The number of likely N-dealkylation sites (N-methyl/N-ethyl adjacent to an activating group) is 2. The maximum atomic E-state index is 13.7. The van der Waals surface area contributed by atoms with Crippen molar-refractivity contribution in [3.63, 3.8) is 0 Å². The maximum absolute atomic E-state index is 13.7. The summed E-state index contributed by atoms with van der Waals surface area (Å²) in [4.78, 5) is 74.2. The fourth-order valence-corrected chi connectivity index (χ4v) is 11.6. The molecule has 0 saturated carbocycles. The number of nitrogens with zero attached hydrogens (tertiary/aromatic N) is 8. The summed E-state index contributed by atoms with van der Waals surface area (Å²) in [5.41, 5.74) is 31.9. The van der Waals surface area contributed by atoms with Crippen molar-refractivity contribution < 1.29 is 14.7 Å². The molecule has 8 aromatic heterocycles. The second-order valence-corrected chi connectivity index (χ2v) is 21.4. The van der Waals surface area contributed by atoms with Crippen molar-refractivity contribution in [3.8, 4) is 22.3 Å². The zero-order valence-corrected chi connectivity index (χ0v) is 49.8. The van der Waals surface area contributed by atoms with Gasteiger partial charge in [0.15, 0.2) is 10.9 Å². The summed E-state index contributed by atoms with van der Waals surface area (Å²) < 4.78 is 4.35. The molecule has 82 heavy (non-hydrogen) atoms. The lowest BCUT2D eigenvalue weighted by Crippen LogP contribution is -2.47. The molecule has 10 rings (SSSR count). The summed E-state index contributed by atoms with van der Waals surface area (Å²) >= 11 is 0. The summed E-state index contributed by atoms with van der Waals surface area (Å²) in [5.74, 6) is -0.178. The minimum atomic E-state index is -0.901. The second-order valence-electron chi connectivity index (χ2n) is 21.4. The first kappa shape index (κ1) is 62.0. The number of piperazine rings is 2. The number of aromatic amines is 2. The Hall–Kier alpha value is -7.65. The van der Waals surface area contributed by atoms with Crippen LogP contribution in [0.1, 0.15) is 117 Å². The van der Waals surface area contributed by atoms with Crippen molar-refractivity contribution in [1.82, 2.24) is 53.7 Å². The van der Waals surface area contributed by atoms with Gasteiger partial charge < -0.3 is 56.2 Å². The Kier molecular flexibility index (Phi) is 20.4. The number of carboxylic acid groups (broad SMARTS) is 1. The monoisotopic (exact) mass is 1140 g/mol. The SMILES string of the molecule is CCN1CCN(C(C)c2c(C)c(C(=O)NCc3c(C)[nH]c(C)cc3=O)cc3c(-c4ccc(N)nc4)ccn23)CC1.CCN1CCN(C(C)c2c(C)c(C(=O)O)cc3c(-c4ccc(N)nc4)ccn23)CC1.Cc1cc(=O)c(CN)c(C)[nH]1.Cl. The fraction of sp³-hybridized carbons (Fsp3) is 0.387. The highest BCUT2D eigenvalue weighted by molar-refractivity contribution is 5.99.